The van der Waals surface area contributed by atoms with Crippen molar-refractivity contribution in [1.29, 1.82) is 0 Å². The summed E-state index contributed by atoms with van der Waals surface area (Å²) in [6.07, 6.45) is -0.399. The van der Waals surface area contributed by atoms with Crippen LogP contribution in [0.1, 0.15) is 29.0 Å². The topological polar surface area (TPSA) is 75.1 Å². The maximum Gasteiger partial charge on any atom is 0.164 e. The SMILES string of the molecule is c1ccc(-c2ccc(-c3nc(-c4ccccc4)nc(-c4ccccc4-c4ccccc4C4=NC(c5ccccc5)NC(c5ccccc5)N4)n3)cc2)cc1. The molecular weight excluding hydrogens is 661 g/mol. The fraction of sp³-hybridized carbons (Fsp3) is 0.0417. The van der Waals surface area contributed by atoms with E-state index in [-0.39, 0.29) is 12.3 Å². The molecule has 0 bridgehead atoms. The molecule has 54 heavy (non-hydrogen) atoms. The van der Waals surface area contributed by atoms with E-state index in [4.69, 9.17) is 19.9 Å². The van der Waals surface area contributed by atoms with Crippen LogP contribution in [0.15, 0.2) is 199 Å². The smallest absolute Gasteiger partial charge is 0.164 e. The second kappa shape index (κ2) is 14.9. The van der Waals surface area contributed by atoms with Crippen molar-refractivity contribution in [3.63, 3.8) is 0 Å². The standard InChI is InChI=1S/C48H36N6/c1-5-17-33(18-6-1)34-29-31-38(32-30-34)46-50-45(37-23-11-4-12-24-37)53-48(54-46)42-28-16-14-26-40(42)39-25-13-15-27-41(39)47-51-43(35-19-7-2-8-20-35)49-44(52-47)36-21-9-3-10-22-36/h1-32,43-44,49H,(H,51,52). The number of rotatable bonds is 8. The van der Waals surface area contributed by atoms with Crippen molar-refractivity contribution < 1.29 is 0 Å². The average Bonchev–Trinajstić information content (AvgIpc) is 3.27. The van der Waals surface area contributed by atoms with Crippen LogP contribution < -0.4 is 10.6 Å². The van der Waals surface area contributed by atoms with Gasteiger partial charge in [-0.15, -0.1) is 0 Å². The van der Waals surface area contributed by atoms with Crippen LogP contribution in [-0.4, -0.2) is 20.8 Å². The van der Waals surface area contributed by atoms with E-state index in [1.54, 1.807) is 0 Å². The third kappa shape index (κ3) is 6.82. The molecule has 0 fully saturated rings. The number of amidine groups is 1. The first-order chi connectivity index (χ1) is 26.8. The maximum absolute atomic E-state index is 5.28. The molecule has 2 unspecified atom stereocenters. The molecule has 258 valence electrons. The normalized spacial score (nSPS) is 15.2. The summed E-state index contributed by atoms with van der Waals surface area (Å²) in [6, 6.07) is 66.5. The summed E-state index contributed by atoms with van der Waals surface area (Å²) in [6.45, 7) is 0. The Hall–Kier alpha value is -7.02. The molecule has 6 nitrogen and oxygen atoms in total. The Morgan fingerprint density at radius 1 is 0.333 bits per heavy atom. The largest absolute Gasteiger partial charge is 0.350 e. The van der Waals surface area contributed by atoms with E-state index in [1.807, 2.05) is 54.6 Å². The second-order valence-electron chi connectivity index (χ2n) is 13.2. The number of benzene rings is 7. The van der Waals surface area contributed by atoms with Crippen LogP contribution in [0.5, 0.6) is 0 Å². The van der Waals surface area contributed by atoms with Gasteiger partial charge in [0.1, 0.15) is 18.2 Å². The van der Waals surface area contributed by atoms with E-state index in [2.05, 4.69) is 150 Å². The Balaban J connectivity index is 1.16. The highest BCUT2D eigenvalue weighted by molar-refractivity contribution is 6.06. The summed E-state index contributed by atoms with van der Waals surface area (Å²) in [5.74, 6) is 2.64. The molecule has 6 heteroatoms. The van der Waals surface area contributed by atoms with Crippen LogP contribution >= 0.6 is 0 Å². The van der Waals surface area contributed by atoms with Crippen LogP contribution in [0.2, 0.25) is 0 Å². The Morgan fingerprint density at radius 2 is 0.741 bits per heavy atom. The molecule has 2 atom stereocenters. The van der Waals surface area contributed by atoms with E-state index < -0.39 is 0 Å². The van der Waals surface area contributed by atoms with Crippen LogP contribution in [0.25, 0.3) is 56.4 Å². The lowest BCUT2D eigenvalue weighted by Crippen LogP contribution is -2.45. The van der Waals surface area contributed by atoms with Gasteiger partial charge in [0.2, 0.25) is 0 Å². The fourth-order valence-corrected chi connectivity index (χ4v) is 6.94. The minimum Gasteiger partial charge on any atom is -0.350 e. The first-order valence-corrected chi connectivity index (χ1v) is 18.1. The molecule has 0 amide bonds. The van der Waals surface area contributed by atoms with E-state index in [0.717, 1.165) is 61.5 Å². The Bertz CT molecular complexity index is 2540. The second-order valence-corrected chi connectivity index (χ2v) is 13.2. The van der Waals surface area contributed by atoms with Gasteiger partial charge in [-0.2, -0.15) is 0 Å². The number of aliphatic imine (C=N–C) groups is 1. The van der Waals surface area contributed by atoms with Crippen molar-refractivity contribution in [2.75, 3.05) is 0 Å². The zero-order valence-electron chi connectivity index (χ0n) is 29.4. The van der Waals surface area contributed by atoms with E-state index in [0.29, 0.717) is 17.5 Å². The highest BCUT2D eigenvalue weighted by Gasteiger charge is 2.27. The van der Waals surface area contributed by atoms with Crippen molar-refractivity contribution in [1.82, 2.24) is 25.6 Å². The minimum absolute atomic E-state index is 0.153. The zero-order chi connectivity index (χ0) is 36.1. The number of aromatic nitrogens is 3. The van der Waals surface area contributed by atoms with Gasteiger partial charge in [0, 0.05) is 22.3 Å². The van der Waals surface area contributed by atoms with Crippen molar-refractivity contribution in [3.05, 3.63) is 211 Å². The molecule has 0 aliphatic carbocycles. The Labute approximate surface area is 315 Å². The number of nitrogens with zero attached hydrogens (tertiary/aromatic N) is 4. The summed E-state index contributed by atoms with van der Waals surface area (Å²) < 4.78 is 0. The lowest BCUT2D eigenvalue weighted by Gasteiger charge is -2.32. The van der Waals surface area contributed by atoms with Gasteiger partial charge in [-0.25, -0.2) is 19.9 Å². The van der Waals surface area contributed by atoms with Crippen LogP contribution in [-0.2, 0) is 0 Å². The molecular formula is C48H36N6. The highest BCUT2D eigenvalue weighted by Crippen LogP contribution is 2.36. The summed E-state index contributed by atoms with van der Waals surface area (Å²) >= 11 is 0. The quantitative estimate of drug-likeness (QED) is 0.165. The first-order valence-electron chi connectivity index (χ1n) is 18.1. The van der Waals surface area contributed by atoms with Gasteiger partial charge in [-0.05, 0) is 33.4 Å². The van der Waals surface area contributed by atoms with Gasteiger partial charge < -0.3 is 5.32 Å². The number of hydrogen-bond donors (Lipinski definition) is 2. The van der Waals surface area contributed by atoms with Gasteiger partial charge in [-0.3, -0.25) is 5.32 Å². The molecule has 8 aromatic rings. The molecule has 1 aliphatic heterocycles. The summed E-state index contributed by atoms with van der Waals surface area (Å²) in [7, 11) is 0. The maximum atomic E-state index is 5.28. The van der Waals surface area contributed by atoms with Crippen molar-refractivity contribution in [2.24, 2.45) is 4.99 Å². The lowest BCUT2D eigenvalue weighted by atomic mass is 9.93. The van der Waals surface area contributed by atoms with Crippen LogP contribution in [0.3, 0.4) is 0 Å². The van der Waals surface area contributed by atoms with Crippen molar-refractivity contribution in [2.45, 2.75) is 12.3 Å². The zero-order valence-corrected chi connectivity index (χ0v) is 29.4. The molecule has 0 saturated carbocycles. The first kappa shape index (κ1) is 32.9. The third-order valence-electron chi connectivity index (χ3n) is 9.67. The van der Waals surface area contributed by atoms with Gasteiger partial charge in [0.15, 0.2) is 17.5 Å². The lowest BCUT2D eigenvalue weighted by molar-refractivity contribution is 0.409. The number of hydrogen-bond acceptors (Lipinski definition) is 6. The van der Waals surface area contributed by atoms with Gasteiger partial charge in [0.05, 0.1) is 0 Å². The van der Waals surface area contributed by atoms with Crippen LogP contribution in [0, 0.1) is 0 Å². The van der Waals surface area contributed by atoms with Crippen molar-refractivity contribution >= 4 is 5.84 Å². The molecule has 0 spiro atoms. The molecule has 2 heterocycles. The van der Waals surface area contributed by atoms with Gasteiger partial charge in [0.25, 0.3) is 0 Å². The van der Waals surface area contributed by atoms with Gasteiger partial charge in [-0.1, -0.05) is 194 Å². The average molecular weight is 697 g/mol. The molecule has 7 aromatic carbocycles. The number of nitrogens with one attached hydrogen (secondary N) is 2. The summed E-state index contributed by atoms with van der Waals surface area (Å²) in [5, 5.41) is 7.44. The molecule has 0 radical (unpaired) electrons. The van der Waals surface area contributed by atoms with E-state index >= 15 is 0 Å². The van der Waals surface area contributed by atoms with Crippen molar-refractivity contribution in [3.8, 4) is 56.4 Å². The predicted octanol–water partition coefficient (Wildman–Crippen LogP) is 10.5. The van der Waals surface area contributed by atoms with Gasteiger partial charge >= 0.3 is 0 Å². The molecule has 9 rings (SSSR count). The predicted molar refractivity (Wildman–Crippen MR) is 218 cm³/mol. The molecule has 1 aliphatic rings. The minimum atomic E-state index is -0.247. The van der Waals surface area contributed by atoms with E-state index in [1.165, 1.54) is 0 Å². The Morgan fingerprint density at radius 3 is 1.35 bits per heavy atom. The fourth-order valence-electron chi connectivity index (χ4n) is 6.94. The molecule has 1 aromatic heterocycles. The summed E-state index contributed by atoms with van der Waals surface area (Å²) in [4.78, 5) is 20.6. The van der Waals surface area contributed by atoms with Crippen LogP contribution in [0.4, 0.5) is 0 Å². The third-order valence-corrected chi connectivity index (χ3v) is 9.67. The molecule has 0 saturated heterocycles. The van der Waals surface area contributed by atoms with E-state index in [9.17, 15) is 0 Å². The summed E-state index contributed by atoms with van der Waals surface area (Å²) in [5.41, 5.74) is 10.3. The highest BCUT2D eigenvalue weighted by atomic mass is 15.3. The Kier molecular flexibility index (Phi) is 9.07. The monoisotopic (exact) mass is 696 g/mol. The molecule has 2 N–H and O–H groups in total.